The van der Waals surface area contributed by atoms with Gasteiger partial charge in [0.1, 0.15) is 5.82 Å². The van der Waals surface area contributed by atoms with Gasteiger partial charge in [0.25, 0.3) is 0 Å². The highest BCUT2D eigenvalue weighted by atomic mass is 16.5. The smallest absolute Gasteiger partial charge is 0.234 e. The first-order valence-corrected chi connectivity index (χ1v) is 13.7. The van der Waals surface area contributed by atoms with Crippen molar-refractivity contribution in [1.82, 2.24) is 24.7 Å². The Morgan fingerprint density at radius 2 is 2.11 bits per heavy atom. The van der Waals surface area contributed by atoms with Crippen molar-refractivity contribution in [2.45, 2.75) is 57.3 Å². The second kappa shape index (κ2) is 12.3. The Labute approximate surface area is 220 Å². The summed E-state index contributed by atoms with van der Waals surface area (Å²) in [6.45, 7) is 5.64. The first-order chi connectivity index (χ1) is 18.2. The number of aromatic nitrogens is 2. The van der Waals surface area contributed by atoms with Gasteiger partial charge in [-0.15, -0.1) is 0 Å². The Bertz CT molecular complexity index is 1040. The quantitative estimate of drug-likeness (QED) is 0.639. The molecule has 2 fully saturated rings. The maximum absolute atomic E-state index is 13.1. The van der Waals surface area contributed by atoms with Crippen LogP contribution in [0.1, 0.15) is 49.5 Å². The van der Waals surface area contributed by atoms with Gasteiger partial charge in [0.2, 0.25) is 5.91 Å². The van der Waals surface area contributed by atoms with Crippen molar-refractivity contribution in [3.63, 3.8) is 0 Å². The molecule has 3 aliphatic heterocycles. The third-order valence-corrected chi connectivity index (χ3v) is 8.14. The monoisotopic (exact) mass is 511 g/mol. The van der Waals surface area contributed by atoms with E-state index in [1.54, 1.807) is 14.2 Å². The Kier molecular flexibility index (Phi) is 8.63. The molecule has 202 valence electrons. The lowest BCUT2D eigenvalue weighted by molar-refractivity contribution is -0.122. The lowest BCUT2D eigenvalue weighted by atomic mass is 9.94. The van der Waals surface area contributed by atoms with Crippen molar-refractivity contribution < 1.29 is 19.0 Å². The highest BCUT2D eigenvalue weighted by molar-refractivity contribution is 5.78. The number of carbonyl (C=O) groups excluding carboxylic acids is 1. The molecule has 2 aromatic rings. The molecule has 5 rings (SSSR count). The number of rotatable bonds is 6. The fourth-order valence-corrected chi connectivity index (χ4v) is 6.27. The van der Waals surface area contributed by atoms with E-state index >= 15 is 0 Å². The second-order valence-corrected chi connectivity index (χ2v) is 10.5. The van der Waals surface area contributed by atoms with Crippen LogP contribution in [0.15, 0.2) is 30.6 Å². The molecule has 9 heteroatoms. The first kappa shape index (κ1) is 26.0. The maximum atomic E-state index is 13.1. The molecule has 1 aromatic carbocycles. The van der Waals surface area contributed by atoms with Crippen molar-refractivity contribution in [2.75, 3.05) is 53.6 Å². The molecule has 0 saturated carbocycles. The molecule has 0 unspecified atom stereocenters. The molecule has 3 aliphatic rings. The summed E-state index contributed by atoms with van der Waals surface area (Å²) in [6, 6.07) is 7.29. The van der Waals surface area contributed by atoms with Crippen LogP contribution in [0.3, 0.4) is 0 Å². The molecule has 0 spiro atoms. The topological polar surface area (TPSA) is 81.1 Å². The SMILES string of the molecule is COCCn1ccnc1CN1CCCCOc2cc(ccc2OC)[C@H]2C[C@H](CNC(=O)C1)[C@@H]1CCCN21. The largest absolute Gasteiger partial charge is 0.493 e. The number of nitrogens with one attached hydrogen (secondary N) is 1. The molecule has 2 saturated heterocycles. The molecule has 4 heterocycles. The Hall–Kier alpha value is -2.62. The molecular formula is C28H41N5O4. The lowest BCUT2D eigenvalue weighted by Gasteiger charge is -2.25. The van der Waals surface area contributed by atoms with Crippen LogP contribution < -0.4 is 14.8 Å². The van der Waals surface area contributed by atoms with Crippen LogP contribution in [0.4, 0.5) is 0 Å². The standard InChI is InChI=1S/C28H41N5O4/c1-35-15-13-32-12-9-29-27(32)19-31-10-3-4-14-37-26-17-21(7-8-25(26)36-2)24-16-22(18-30-28(34)20-31)23-6-5-11-33(23)24/h7-9,12,17,22-24H,3-6,10-11,13-16,18-20H2,1-2H3,(H,30,34)/t22-,23+,24-/m1/s1. The third-order valence-electron chi connectivity index (χ3n) is 8.14. The van der Waals surface area contributed by atoms with Crippen LogP contribution in [0.25, 0.3) is 0 Å². The zero-order valence-electron chi connectivity index (χ0n) is 22.2. The molecule has 1 aromatic heterocycles. The van der Waals surface area contributed by atoms with Crippen molar-refractivity contribution in [1.29, 1.82) is 0 Å². The van der Waals surface area contributed by atoms with E-state index in [2.05, 4.69) is 36.8 Å². The van der Waals surface area contributed by atoms with Gasteiger partial charge in [0.15, 0.2) is 11.5 Å². The molecule has 37 heavy (non-hydrogen) atoms. The molecule has 9 nitrogen and oxygen atoms in total. The molecule has 0 aliphatic carbocycles. The fraction of sp³-hybridized carbons (Fsp3) is 0.643. The number of fused-ring (bicyclic) bond motifs is 8. The second-order valence-electron chi connectivity index (χ2n) is 10.5. The maximum Gasteiger partial charge on any atom is 0.234 e. The number of benzene rings is 1. The van der Waals surface area contributed by atoms with Gasteiger partial charge in [0.05, 0.1) is 33.4 Å². The summed E-state index contributed by atoms with van der Waals surface area (Å²) >= 11 is 0. The third kappa shape index (κ3) is 6.10. The molecule has 0 radical (unpaired) electrons. The van der Waals surface area contributed by atoms with Crippen molar-refractivity contribution >= 4 is 5.91 Å². The number of ether oxygens (including phenoxy) is 3. The van der Waals surface area contributed by atoms with Gasteiger partial charge >= 0.3 is 0 Å². The Balaban J connectivity index is 1.33. The summed E-state index contributed by atoms with van der Waals surface area (Å²) in [4.78, 5) is 22.5. The molecular weight excluding hydrogens is 470 g/mol. The van der Waals surface area contributed by atoms with E-state index in [0.717, 1.165) is 62.8 Å². The summed E-state index contributed by atoms with van der Waals surface area (Å²) in [6.07, 6.45) is 9.09. The minimum absolute atomic E-state index is 0.0954. The molecule has 3 atom stereocenters. The van der Waals surface area contributed by atoms with Crippen LogP contribution in [0.2, 0.25) is 0 Å². The number of nitrogens with zero attached hydrogens (tertiary/aromatic N) is 4. The number of methoxy groups -OCH3 is 2. The molecule has 1 amide bonds. The van der Waals surface area contributed by atoms with Crippen LogP contribution in [-0.4, -0.2) is 84.9 Å². The minimum Gasteiger partial charge on any atom is -0.493 e. The zero-order valence-corrected chi connectivity index (χ0v) is 22.2. The highest BCUT2D eigenvalue weighted by Gasteiger charge is 2.44. The van der Waals surface area contributed by atoms with Gasteiger partial charge < -0.3 is 24.1 Å². The van der Waals surface area contributed by atoms with Gasteiger partial charge in [-0.3, -0.25) is 14.6 Å². The number of hydrogen-bond donors (Lipinski definition) is 1. The van der Waals surface area contributed by atoms with E-state index in [1.807, 2.05) is 18.5 Å². The lowest BCUT2D eigenvalue weighted by Crippen LogP contribution is -2.41. The summed E-state index contributed by atoms with van der Waals surface area (Å²) < 4.78 is 19.2. The highest BCUT2D eigenvalue weighted by Crippen LogP contribution is 2.46. The number of imidazole rings is 1. The van der Waals surface area contributed by atoms with Gasteiger partial charge in [-0.1, -0.05) is 6.07 Å². The summed E-state index contributed by atoms with van der Waals surface area (Å²) in [5.74, 6) is 3.12. The van der Waals surface area contributed by atoms with E-state index < -0.39 is 0 Å². The van der Waals surface area contributed by atoms with Crippen LogP contribution >= 0.6 is 0 Å². The number of hydrogen-bond acceptors (Lipinski definition) is 7. The fourth-order valence-electron chi connectivity index (χ4n) is 6.27. The molecule has 4 bridgehead atoms. The summed E-state index contributed by atoms with van der Waals surface area (Å²) in [7, 11) is 3.41. The predicted molar refractivity (Wildman–Crippen MR) is 141 cm³/mol. The summed E-state index contributed by atoms with van der Waals surface area (Å²) in [5, 5.41) is 3.29. The van der Waals surface area contributed by atoms with Crippen LogP contribution in [0.5, 0.6) is 11.5 Å². The Morgan fingerprint density at radius 1 is 1.19 bits per heavy atom. The van der Waals surface area contributed by atoms with E-state index in [0.29, 0.717) is 44.3 Å². The summed E-state index contributed by atoms with van der Waals surface area (Å²) in [5.41, 5.74) is 1.29. The van der Waals surface area contributed by atoms with E-state index in [4.69, 9.17) is 14.2 Å². The van der Waals surface area contributed by atoms with E-state index in [1.165, 1.54) is 18.4 Å². The minimum atomic E-state index is 0.0954. The van der Waals surface area contributed by atoms with Crippen LogP contribution in [0, 0.1) is 5.92 Å². The number of carbonyl (C=O) groups is 1. The average Bonchev–Trinajstić information content (AvgIpc) is 3.63. The Morgan fingerprint density at radius 3 is 2.97 bits per heavy atom. The van der Waals surface area contributed by atoms with Crippen molar-refractivity contribution in [3.05, 3.63) is 42.0 Å². The molecule has 1 N–H and O–H groups in total. The van der Waals surface area contributed by atoms with E-state index in [9.17, 15) is 4.79 Å². The normalized spacial score (nSPS) is 25.5. The number of amides is 1. The zero-order chi connectivity index (χ0) is 25.6. The average molecular weight is 512 g/mol. The van der Waals surface area contributed by atoms with Gasteiger partial charge in [-0.2, -0.15) is 0 Å². The van der Waals surface area contributed by atoms with Gasteiger partial charge in [-0.05, 0) is 68.8 Å². The van der Waals surface area contributed by atoms with Gasteiger partial charge in [0, 0.05) is 44.7 Å². The van der Waals surface area contributed by atoms with Crippen molar-refractivity contribution in [2.24, 2.45) is 5.92 Å². The first-order valence-electron chi connectivity index (χ1n) is 13.7. The van der Waals surface area contributed by atoms with Crippen molar-refractivity contribution in [3.8, 4) is 11.5 Å². The van der Waals surface area contributed by atoms with E-state index in [-0.39, 0.29) is 5.91 Å². The van der Waals surface area contributed by atoms with Crippen LogP contribution in [-0.2, 0) is 22.6 Å². The van der Waals surface area contributed by atoms with Gasteiger partial charge in [-0.25, -0.2) is 4.98 Å². The predicted octanol–water partition coefficient (Wildman–Crippen LogP) is 2.85.